The van der Waals surface area contributed by atoms with Crippen molar-refractivity contribution >= 4 is 34.3 Å². The average molecular weight is 273 g/mol. The molecular formula is C9H11N3O5S. The van der Waals surface area contributed by atoms with E-state index < -0.39 is 24.5 Å². The molecule has 0 aromatic carbocycles. The molecule has 1 aromatic heterocycles. The summed E-state index contributed by atoms with van der Waals surface area (Å²) in [5.74, 6) is -2.40. The summed E-state index contributed by atoms with van der Waals surface area (Å²) >= 11 is 1.04. The van der Waals surface area contributed by atoms with Gasteiger partial charge in [0.2, 0.25) is 5.91 Å². The molecule has 2 amide bonds. The first-order chi connectivity index (χ1) is 8.43. The van der Waals surface area contributed by atoms with Crippen LogP contribution in [0.25, 0.3) is 0 Å². The number of carbonyl (C=O) groups is 3. The van der Waals surface area contributed by atoms with E-state index in [2.05, 4.69) is 15.6 Å². The highest BCUT2D eigenvalue weighted by atomic mass is 32.1. The van der Waals surface area contributed by atoms with E-state index in [1.165, 1.54) is 12.3 Å². The molecule has 1 aromatic rings. The minimum Gasteiger partial charge on any atom is -0.480 e. The largest absolute Gasteiger partial charge is 0.480 e. The number of nitrogens with one attached hydrogen (secondary N) is 2. The first kappa shape index (κ1) is 14.1. The van der Waals surface area contributed by atoms with Gasteiger partial charge in [-0.25, -0.2) is 9.78 Å². The van der Waals surface area contributed by atoms with E-state index in [1.807, 2.05) is 0 Å². The van der Waals surface area contributed by atoms with Crippen molar-refractivity contribution in [3.63, 3.8) is 0 Å². The van der Waals surface area contributed by atoms with E-state index in [-0.39, 0.29) is 16.7 Å². The third-order valence-electron chi connectivity index (χ3n) is 1.81. The van der Waals surface area contributed by atoms with Crippen LogP contribution in [0.2, 0.25) is 0 Å². The summed E-state index contributed by atoms with van der Waals surface area (Å²) in [5.41, 5.74) is -0.0246. The van der Waals surface area contributed by atoms with E-state index in [0.717, 1.165) is 11.3 Å². The zero-order chi connectivity index (χ0) is 13.7. The van der Waals surface area contributed by atoms with Crippen molar-refractivity contribution in [2.45, 2.75) is 13.0 Å². The van der Waals surface area contributed by atoms with Gasteiger partial charge < -0.3 is 20.8 Å². The van der Waals surface area contributed by atoms with Gasteiger partial charge in [-0.05, 0) is 0 Å². The molecule has 18 heavy (non-hydrogen) atoms. The molecule has 1 rings (SSSR count). The highest BCUT2D eigenvalue weighted by Crippen LogP contribution is 2.15. The van der Waals surface area contributed by atoms with Gasteiger partial charge >= 0.3 is 5.97 Å². The van der Waals surface area contributed by atoms with Crippen LogP contribution in [0.5, 0.6) is 0 Å². The Bertz CT molecular complexity index is 473. The van der Waals surface area contributed by atoms with E-state index in [9.17, 15) is 14.4 Å². The molecule has 0 radical (unpaired) electrons. The number of aromatic nitrogens is 1. The van der Waals surface area contributed by atoms with Crippen LogP contribution in [0.1, 0.15) is 17.4 Å². The Hall–Kier alpha value is -2.00. The van der Waals surface area contributed by atoms with E-state index in [1.54, 1.807) is 0 Å². The highest BCUT2D eigenvalue weighted by Gasteiger charge is 2.21. The van der Waals surface area contributed by atoms with Crippen LogP contribution in [0.4, 0.5) is 5.13 Å². The molecule has 1 atom stereocenters. The van der Waals surface area contributed by atoms with E-state index >= 15 is 0 Å². The molecule has 0 aliphatic rings. The first-order valence-electron chi connectivity index (χ1n) is 4.81. The summed E-state index contributed by atoms with van der Waals surface area (Å²) < 4.78 is 0. The molecule has 0 bridgehead atoms. The molecule has 0 unspecified atom stereocenters. The highest BCUT2D eigenvalue weighted by molar-refractivity contribution is 7.14. The Balaban J connectivity index is 2.69. The average Bonchev–Trinajstić information content (AvgIpc) is 2.72. The van der Waals surface area contributed by atoms with Gasteiger partial charge in [0.05, 0.1) is 6.61 Å². The van der Waals surface area contributed by atoms with Crippen LogP contribution in [0.3, 0.4) is 0 Å². The second-order valence-electron chi connectivity index (χ2n) is 3.27. The summed E-state index contributed by atoms with van der Waals surface area (Å²) in [5, 5.41) is 23.5. The molecule has 4 N–H and O–H groups in total. The van der Waals surface area contributed by atoms with Gasteiger partial charge in [-0.2, -0.15) is 0 Å². The molecule has 1 heterocycles. The zero-order valence-electron chi connectivity index (χ0n) is 9.34. The van der Waals surface area contributed by atoms with Crippen molar-refractivity contribution in [1.82, 2.24) is 10.3 Å². The van der Waals surface area contributed by atoms with Crippen LogP contribution in [-0.2, 0) is 9.59 Å². The summed E-state index contributed by atoms with van der Waals surface area (Å²) in [6, 6.07) is -1.39. The van der Waals surface area contributed by atoms with Crippen LogP contribution in [-0.4, -0.2) is 45.6 Å². The normalized spacial score (nSPS) is 11.7. The molecule has 8 nitrogen and oxygen atoms in total. The molecule has 0 aliphatic carbocycles. The number of thiazole rings is 1. The zero-order valence-corrected chi connectivity index (χ0v) is 10.2. The van der Waals surface area contributed by atoms with Crippen molar-refractivity contribution in [2.75, 3.05) is 11.9 Å². The third kappa shape index (κ3) is 3.79. The van der Waals surface area contributed by atoms with Gasteiger partial charge in [0.25, 0.3) is 5.91 Å². The van der Waals surface area contributed by atoms with Crippen molar-refractivity contribution in [1.29, 1.82) is 0 Å². The lowest BCUT2D eigenvalue weighted by Gasteiger charge is -2.09. The number of hydrogen-bond donors (Lipinski definition) is 4. The lowest BCUT2D eigenvalue weighted by atomic mass is 10.3. The topological polar surface area (TPSA) is 129 Å². The number of amides is 2. The van der Waals surface area contributed by atoms with Gasteiger partial charge in [-0.1, -0.05) is 0 Å². The third-order valence-corrected chi connectivity index (χ3v) is 2.56. The van der Waals surface area contributed by atoms with Crippen LogP contribution in [0, 0.1) is 0 Å². The fraction of sp³-hybridized carbons (Fsp3) is 0.333. The molecule has 0 saturated heterocycles. The summed E-state index contributed by atoms with van der Waals surface area (Å²) in [6.45, 7) is 0.580. The molecule has 9 heteroatoms. The van der Waals surface area contributed by atoms with Crippen molar-refractivity contribution in [2.24, 2.45) is 0 Å². The van der Waals surface area contributed by atoms with Gasteiger partial charge in [-0.3, -0.25) is 9.59 Å². The molecule has 0 saturated carbocycles. The number of aliphatic carboxylic acids is 1. The smallest absolute Gasteiger partial charge is 0.328 e. The maximum atomic E-state index is 11.6. The quantitative estimate of drug-likeness (QED) is 0.560. The number of hydrogen-bond acceptors (Lipinski definition) is 6. The second kappa shape index (κ2) is 6.07. The Labute approximate surface area is 106 Å². The number of rotatable bonds is 5. The van der Waals surface area contributed by atoms with Crippen LogP contribution in [0.15, 0.2) is 5.38 Å². The molecule has 0 fully saturated rings. The predicted octanol–water partition coefficient (Wildman–Crippen LogP) is -0.723. The predicted molar refractivity (Wildman–Crippen MR) is 62.4 cm³/mol. The second-order valence-corrected chi connectivity index (χ2v) is 4.12. The van der Waals surface area contributed by atoms with Crippen molar-refractivity contribution in [3.8, 4) is 0 Å². The number of carbonyl (C=O) groups excluding carboxylic acids is 2. The van der Waals surface area contributed by atoms with E-state index in [0.29, 0.717) is 0 Å². The number of aliphatic hydroxyl groups is 1. The van der Waals surface area contributed by atoms with Gasteiger partial charge in [0, 0.05) is 12.3 Å². The number of aliphatic hydroxyl groups excluding tert-OH is 1. The number of carboxylic acid groups (broad SMARTS) is 1. The SMILES string of the molecule is CC(=O)Nc1nc(C(=O)N[C@@H](CO)C(=O)O)cs1. The Kier molecular flexibility index (Phi) is 4.75. The lowest BCUT2D eigenvalue weighted by molar-refractivity contribution is -0.140. The first-order valence-corrected chi connectivity index (χ1v) is 5.69. The fourth-order valence-electron chi connectivity index (χ4n) is 1.00. The van der Waals surface area contributed by atoms with Crippen molar-refractivity contribution < 1.29 is 24.6 Å². The standard InChI is InChI=1S/C9H11N3O5S/c1-4(14)10-9-12-6(3-18-9)7(15)11-5(2-13)8(16)17/h3,5,13H,2H2,1H3,(H,11,15)(H,16,17)(H,10,12,14)/t5-/m0/s1. The molecule has 98 valence electrons. The summed E-state index contributed by atoms with van der Waals surface area (Å²) in [6.07, 6.45) is 0. The maximum Gasteiger partial charge on any atom is 0.328 e. The van der Waals surface area contributed by atoms with Crippen molar-refractivity contribution in [3.05, 3.63) is 11.1 Å². The molecular weight excluding hydrogens is 262 g/mol. The minimum atomic E-state index is -1.39. The molecule has 0 spiro atoms. The number of carboxylic acids is 1. The van der Waals surface area contributed by atoms with Gasteiger partial charge in [0.1, 0.15) is 5.69 Å². The Morgan fingerprint density at radius 1 is 1.50 bits per heavy atom. The minimum absolute atomic E-state index is 0.0246. The van der Waals surface area contributed by atoms with E-state index in [4.69, 9.17) is 10.2 Å². The van der Waals surface area contributed by atoms with Gasteiger partial charge in [0.15, 0.2) is 11.2 Å². The monoisotopic (exact) mass is 273 g/mol. The van der Waals surface area contributed by atoms with Crippen LogP contribution < -0.4 is 10.6 Å². The Morgan fingerprint density at radius 2 is 2.17 bits per heavy atom. The summed E-state index contributed by atoms with van der Waals surface area (Å²) in [7, 11) is 0. The van der Waals surface area contributed by atoms with Crippen LogP contribution >= 0.6 is 11.3 Å². The molecule has 0 aliphatic heterocycles. The lowest BCUT2D eigenvalue weighted by Crippen LogP contribution is -2.43. The summed E-state index contributed by atoms with van der Waals surface area (Å²) in [4.78, 5) is 36.7. The van der Waals surface area contributed by atoms with Gasteiger partial charge in [-0.15, -0.1) is 11.3 Å². The fourth-order valence-corrected chi connectivity index (χ4v) is 1.74. The number of anilines is 1. The Morgan fingerprint density at radius 3 is 2.67 bits per heavy atom. The maximum absolute atomic E-state index is 11.6. The number of nitrogens with zero attached hydrogens (tertiary/aromatic N) is 1.